The molecule has 2 aromatic heterocycles. The number of nitrogens with one attached hydrogen (secondary N) is 1. The molecule has 2 saturated heterocycles. The van der Waals surface area contributed by atoms with E-state index in [1.165, 1.54) is 0 Å². The lowest BCUT2D eigenvalue weighted by Crippen LogP contribution is -2.58. The molecule has 0 aromatic carbocycles. The van der Waals surface area contributed by atoms with Gasteiger partial charge in [-0.25, -0.2) is 14.8 Å². The van der Waals surface area contributed by atoms with Crippen LogP contribution in [0.4, 0.5) is 5.82 Å². The number of nitriles is 1. The van der Waals surface area contributed by atoms with Crippen LogP contribution in [0.25, 0.3) is 11.0 Å². The highest BCUT2D eigenvalue weighted by atomic mass is 16.1. The molecule has 0 saturated carbocycles. The Balaban J connectivity index is 1.49. The number of H-pyrrole nitrogens is 1. The Morgan fingerprint density at radius 3 is 3.04 bits per heavy atom. The zero-order chi connectivity index (χ0) is 15.9. The molecule has 2 aromatic rings. The Morgan fingerprint density at radius 1 is 1.39 bits per heavy atom. The average Bonchev–Trinajstić information content (AvgIpc) is 3.17. The highest BCUT2D eigenvalue weighted by Crippen LogP contribution is 2.43. The summed E-state index contributed by atoms with van der Waals surface area (Å²) in [5.74, 6) is 2.89. The summed E-state index contributed by atoms with van der Waals surface area (Å²) in [5, 5.41) is 9.84. The van der Waals surface area contributed by atoms with Crippen LogP contribution in [0.1, 0.15) is 12.8 Å². The van der Waals surface area contributed by atoms with E-state index in [1.807, 2.05) is 29.2 Å². The standard InChI is InChI=1S/C16H16N6O/c17-4-1-12(7-23)21-6-3-16(8-21)9-22(10-16)15-13-2-5-18-14(13)19-11-20-15/h2,5,11H,1,3,6,8-10H2,(H,18,19,20). The molecule has 0 atom stereocenters. The molecular weight excluding hydrogens is 292 g/mol. The minimum atomic E-state index is 0.138. The molecule has 0 amide bonds. The molecule has 2 fully saturated rings. The zero-order valence-electron chi connectivity index (χ0n) is 12.6. The fourth-order valence-electron chi connectivity index (χ4n) is 3.73. The van der Waals surface area contributed by atoms with Gasteiger partial charge in [-0.05, 0) is 12.5 Å². The molecule has 4 rings (SSSR count). The van der Waals surface area contributed by atoms with Crippen LogP contribution in [0.2, 0.25) is 0 Å². The van der Waals surface area contributed by atoms with Crippen molar-refractivity contribution in [2.45, 2.75) is 12.8 Å². The van der Waals surface area contributed by atoms with Crippen molar-refractivity contribution in [3.05, 3.63) is 24.3 Å². The van der Waals surface area contributed by atoms with E-state index in [0.29, 0.717) is 5.70 Å². The predicted molar refractivity (Wildman–Crippen MR) is 84.2 cm³/mol. The van der Waals surface area contributed by atoms with E-state index in [9.17, 15) is 4.79 Å². The largest absolute Gasteiger partial charge is 0.364 e. The third-order valence-electron chi connectivity index (χ3n) is 4.87. The highest BCUT2D eigenvalue weighted by Gasteiger charge is 2.48. The van der Waals surface area contributed by atoms with Crippen molar-refractivity contribution in [1.82, 2.24) is 19.9 Å². The van der Waals surface area contributed by atoms with Gasteiger partial charge in [-0.2, -0.15) is 5.26 Å². The molecule has 0 radical (unpaired) electrons. The minimum absolute atomic E-state index is 0.138. The van der Waals surface area contributed by atoms with E-state index in [0.717, 1.165) is 49.5 Å². The van der Waals surface area contributed by atoms with Crippen LogP contribution in [-0.4, -0.2) is 52.0 Å². The van der Waals surface area contributed by atoms with E-state index in [2.05, 4.69) is 19.9 Å². The molecule has 0 bridgehead atoms. The Labute approximate surface area is 133 Å². The van der Waals surface area contributed by atoms with Crippen LogP contribution < -0.4 is 4.90 Å². The van der Waals surface area contributed by atoms with Crippen molar-refractivity contribution >= 4 is 22.8 Å². The molecule has 7 nitrogen and oxygen atoms in total. The molecule has 0 aliphatic carbocycles. The number of allylic oxidation sites excluding steroid dienone is 1. The maximum absolute atomic E-state index is 11.0. The first-order valence-corrected chi connectivity index (χ1v) is 7.64. The third kappa shape index (κ3) is 2.16. The lowest BCUT2D eigenvalue weighted by atomic mass is 9.79. The number of likely N-dealkylation sites (tertiary alicyclic amines) is 1. The van der Waals surface area contributed by atoms with Gasteiger partial charge in [-0.1, -0.05) is 0 Å². The topological polar surface area (TPSA) is 88.9 Å². The monoisotopic (exact) mass is 308 g/mol. The minimum Gasteiger partial charge on any atom is -0.364 e. The lowest BCUT2D eigenvalue weighted by molar-refractivity contribution is 0.218. The van der Waals surface area contributed by atoms with Crippen LogP contribution in [0.3, 0.4) is 0 Å². The first-order valence-electron chi connectivity index (χ1n) is 7.64. The maximum atomic E-state index is 11.0. The number of rotatable bonds is 3. The molecule has 23 heavy (non-hydrogen) atoms. The van der Waals surface area contributed by atoms with E-state index < -0.39 is 0 Å². The average molecular weight is 308 g/mol. The van der Waals surface area contributed by atoms with Crippen LogP contribution in [0, 0.1) is 16.7 Å². The van der Waals surface area contributed by atoms with Crippen molar-refractivity contribution in [2.24, 2.45) is 5.41 Å². The van der Waals surface area contributed by atoms with Gasteiger partial charge in [0.15, 0.2) is 0 Å². The summed E-state index contributed by atoms with van der Waals surface area (Å²) in [6.45, 7) is 3.47. The number of aromatic nitrogens is 3. The molecule has 1 N–H and O–H groups in total. The molecule has 116 valence electrons. The summed E-state index contributed by atoms with van der Waals surface area (Å²) >= 11 is 0. The summed E-state index contributed by atoms with van der Waals surface area (Å²) in [7, 11) is 0. The Bertz CT molecular complexity index is 838. The van der Waals surface area contributed by atoms with Gasteiger partial charge in [-0.3, -0.25) is 0 Å². The fourth-order valence-corrected chi connectivity index (χ4v) is 3.73. The van der Waals surface area contributed by atoms with Crippen molar-refractivity contribution in [3.8, 4) is 6.07 Å². The normalized spacial score (nSPS) is 18.7. The second kappa shape index (κ2) is 5.11. The SMILES string of the molecule is N#CCC(=C=O)N1CCC2(C1)CN(c1ncnc3[nH]ccc13)C2. The smallest absolute Gasteiger partial charge is 0.146 e. The Hall–Kier alpha value is -2.84. The van der Waals surface area contributed by atoms with Gasteiger partial charge in [0.2, 0.25) is 0 Å². The quantitative estimate of drug-likeness (QED) is 0.854. The Kier molecular flexibility index (Phi) is 3.07. The van der Waals surface area contributed by atoms with Crippen molar-refractivity contribution < 1.29 is 4.79 Å². The number of nitrogens with zero attached hydrogens (tertiary/aromatic N) is 5. The molecule has 7 heteroatoms. The summed E-state index contributed by atoms with van der Waals surface area (Å²) in [6, 6.07) is 4.04. The molecular formula is C16H16N6O. The summed E-state index contributed by atoms with van der Waals surface area (Å²) < 4.78 is 0. The number of carbonyl (C=O) groups excluding carboxylic acids is 1. The fraction of sp³-hybridized carbons (Fsp3) is 0.438. The molecule has 1 spiro atoms. The van der Waals surface area contributed by atoms with E-state index in [-0.39, 0.29) is 11.8 Å². The first kappa shape index (κ1) is 13.8. The number of aromatic amines is 1. The second-order valence-electron chi connectivity index (χ2n) is 6.35. The predicted octanol–water partition coefficient (Wildman–Crippen LogP) is 1.10. The third-order valence-corrected chi connectivity index (χ3v) is 4.87. The Morgan fingerprint density at radius 2 is 2.26 bits per heavy atom. The van der Waals surface area contributed by atoms with Gasteiger partial charge in [0.05, 0.1) is 17.9 Å². The first-order chi connectivity index (χ1) is 11.2. The van der Waals surface area contributed by atoms with E-state index in [4.69, 9.17) is 5.26 Å². The van der Waals surface area contributed by atoms with Crippen LogP contribution in [-0.2, 0) is 4.79 Å². The molecule has 2 aliphatic heterocycles. The van der Waals surface area contributed by atoms with Crippen molar-refractivity contribution in [2.75, 3.05) is 31.1 Å². The second-order valence-corrected chi connectivity index (χ2v) is 6.35. The summed E-state index contributed by atoms with van der Waals surface area (Å²) in [5.41, 5.74) is 1.52. The lowest BCUT2D eigenvalue weighted by Gasteiger charge is -2.48. The summed E-state index contributed by atoms with van der Waals surface area (Å²) in [4.78, 5) is 27.0. The number of fused-ring (bicyclic) bond motifs is 1. The van der Waals surface area contributed by atoms with Gasteiger partial charge in [-0.15, -0.1) is 0 Å². The van der Waals surface area contributed by atoms with Crippen molar-refractivity contribution in [3.63, 3.8) is 0 Å². The van der Waals surface area contributed by atoms with Gasteiger partial charge in [0.1, 0.15) is 29.4 Å². The van der Waals surface area contributed by atoms with Gasteiger partial charge in [0, 0.05) is 37.8 Å². The number of hydrogen-bond acceptors (Lipinski definition) is 6. The summed E-state index contributed by atoms with van der Waals surface area (Å²) in [6.07, 6.45) is 4.62. The van der Waals surface area contributed by atoms with Gasteiger partial charge < -0.3 is 14.8 Å². The number of anilines is 1. The van der Waals surface area contributed by atoms with Gasteiger partial charge in [0.25, 0.3) is 0 Å². The van der Waals surface area contributed by atoms with Crippen molar-refractivity contribution in [1.29, 1.82) is 5.26 Å². The molecule has 0 unspecified atom stereocenters. The van der Waals surface area contributed by atoms with Crippen LogP contribution in [0.15, 0.2) is 24.3 Å². The van der Waals surface area contributed by atoms with Gasteiger partial charge >= 0.3 is 0 Å². The molecule has 4 heterocycles. The highest BCUT2D eigenvalue weighted by molar-refractivity contribution is 5.87. The van der Waals surface area contributed by atoms with E-state index >= 15 is 0 Å². The van der Waals surface area contributed by atoms with E-state index in [1.54, 1.807) is 6.33 Å². The molecule has 2 aliphatic rings. The number of hydrogen-bond donors (Lipinski definition) is 1. The van der Waals surface area contributed by atoms with Crippen LogP contribution >= 0.6 is 0 Å². The zero-order valence-corrected chi connectivity index (χ0v) is 12.6. The maximum Gasteiger partial charge on any atom is 0.146 e. The van der Waals surface area contributed by atoms with Crippen LogP contribution in [0.5, 0.6) is 0 Å².